The number of allylic oxidation sites excluding steroid dienone is 1. The van der Waals surface area contributed by atoms with Gasteiger partial charge in [0.1, 0.15) is 23.5 Å². The monoisotopic (exact) mass is 593 g/mol. The van der Waals surface area contributed by atoms with Gasteiger partial charge in [0.05, 0.1) is 24.2 Å². The Hall–Kier alpha value is -4.96. The van der Waals surface area contributed by atoms with Crippen LogP contribution >= 0.6 is 0 Å². The topological polar surface area (TPSA) is 133 Å². The average molecular weight is 594 g/mol. The fourth-order valence-corrected chi connectivity index (χ4v) is 6.59. The minimum atomic E-state index is -0.890. The molecular weight excluding hydrogens is 558 g/mol. The zero-order chi connectivity index (χ0) is 30.7. The van der Waals surface area contributed by atoms with E-state index in [-0.39, 0.29) is 29.0 Å². The minimum absolute atomic E-state index is 0.0633. The van der Waals surface area contributed by atoms with Gasteiger partial charge in [0.2, 0.25) is 0 Å². The Morgan fingerprint density at radius 2 is 1.59 bits per heavy atom. The maximum absolute atomic E-state index is 13.7. The molecule has 3 heterocycles. The fraction of sp³-hybridized carbons (Fsp3) is 0.294. The zero-order valence-electron chi connectivity index (χ0n) is 24.8. The lowest BCUT2D eigenvalue weighted by Gasteiger charge is -2.43. The number of aromatic nitrogens is 2. The molecule has 1 saturated heterocycles. The van der Waals surface area contributed by atoms with E-state index in [0.29, 0.717) is 28.8 Å². The molecule has 0 radical (unpaired) electrons. The van der Waals surface area contributed by atoms with Gasteiger partial charge in [0, 0.05) is 17.7 Å². The van der Waals surface area contributed by atoms with E-state index in [4.69, 9.17) is 19.8 Å². The normalized spacial score (nSPS) is 18.6. The Balaban J connectivity index is 1.18. The van der Waals surface area contributed by atoms with Crippen molar-refractivity contribution in [1.29, 1.82) is 0 Å². The predicted octanol–water partition coefficient (Wildman–Crippen LogP) is 4.15. The van der Waals surface area contributed by atoms with Crippen molar-refractivity contribution in [3.8, 4) is 0 Å². The number of carbonyl (C=O) groups excluding carboxylic acids is 2. The summed E-state index contributed by atoms with van der Waals surface area (Å²) < 4.78 is 15.9. The first-order valence-electron chi connectivity index (χ1n) is 14.7. The van der Waals surface area contributed by atoms with E-state index >= 15 is 0 Å². The SMILES string of the molecule is COC(=O)C1=C(N)NC(C)=C(C(=O)OCCN2CCC(c3ccccc3)(c3ccccc3)CC2)C1c1cccc2nonc12. The van der Waals surface area contributed by atoms with E-state index in [0.717, 1.165) is 25.9 Å². The van der Waals surface area contributed by atoms with Gasteiger partial charge >= 0.3 is 11.9 Å². The van der Waals surface area contributed by atoms with E-state index < -0.39 is 17.9 Å². The van der Waals surface area contributed by atoms with Crippen LogP contribution in [0.5, 0.6) is 0 Å². The third-order valence-corrected chi connectivity index (χ3v) is 8.85. The number of methoxy groups -OCH3 is 1. The van der Waals surface area contributed by atoms with Crippen LogP contribution in [0.1, 0.15) is 42.4 Å². The highest BCUT2D eigenvalue weighted by Gasteiger charge is 2.40. The van der Waals surface area contributed by atoms with Crippen molar-refractivity contribution in [2.24, 2.45) is 5.73 Å². The number of nitrogens with zero attached hydrogens (tertiary/aromatic N) is 3. The molecule has 3 aromatic carbocycles. The number of fused-ring (bicyclic) bond motifs is 1. The van der Waals surface area contributed by atoms with Crippen LogP contribution in [0.25, 0.3) is 11.0 Å². The van der Waals surface area contributed by atoms with Crippen molar-refractivity contribution in [1.82, 2.24) is 20.5 Å². The molecular formula is C34H35N5O5. The summed E-state index contributed by atoms with van der Waals surface area (Å²) in [5, 5.41) is 10.9. The maximum atomic E-state index is 13.7. The average Bonchev–Trinajstić information content (AvgIpc) is 3.55. The molecule has 226 valence electrons. The summed E-state index contributed by atoms with van der Waals surface area (Å²) >= 11 is 0. The zero-order valence-corrected chi connectivity index (χ0v) is 24.8. The molecule has 1 atom stereocenters. The number of dihydropyridines is 1. The first-order chi connectivity index (χ1) is 21.4. The first-order valence-corrected chi connectivity index (χ1v) is 14.7. The summed E-state index contributed by atoms with van der Waals surface area (Å²) in [7, 11) is 1.27. The second kappa shape index (κ2) is 12.3. The van der Waals surface area contributed by atoms with Gasteiger partial charge in [0.15, 0.2) is 0 Å². The molecule has 6 rings (SSSR count). The van der Waals surface area contributed by atoms with Crippen LogP contribution in [-0.4, -0.2) is 60.5 Å². The second-order valence-electron chi connectivity index (χ2n) is 11.2. The predicted molar refractivity (Wildman–Crippen MR) is 164 cm³/mol. The minimum Gasteiger partial charge on any atom is -0.466 e. The molecule has 1 aromatic heterocycles. The largest absolute Gasteiger partial charge is 0.466 e. The Morgan fingerprint density at radius 3 is 2.23 bits per heavy atom. The Kier molecular flexibility index (Phi) is 8.17. The number of benzene rings is 3. The number of piperidine rings is 1. The number of hydrogen-bond donors (Lipinski definition) is 2. The molecule has 10 nitrogen and oxygen atoms in total. The molecule has 1 fully saturated rings. The summed E-state index contributed by atoms with van der Waals surface area (Å²) in [5.41, 5.74) is 11.1. The van der Waals surface area contributed by atoms with Gasteiger partial charge in [0.25, 0.3) is 0 Å². The van der Waals surface area contributed by atoms with Crippen molar-refractivity contribution in [2.45, 2.75) is 31.1 Å². The molecule has 10 heteroatoms. The van der Waals surface area contributed by atoms with Gasteiger partial charge in [-0.3, -0.25) is 4.90 Å². The smallest absolute Gasteiger partial charge is 0.338 e. The van der Waals surface area contributed by atoms with E-state index in [9.17, 15) is 9.59 Å². The lowest BCUT2D eigenvalue weighted by atomic mass is 9.68. The number of nitrogens with one attached hydrogen (secondary N) is 1. The van der Waals surface area contributed by atoms with Crippen LogP contribution in [0.4, 0.5) is 0 Å². The number of ether oxygens (including phenoxy) is 2. The summed E-state index contributed by atoms with van der Waals surface area (Å²) in [5.74, 6) is -2.01. The van der Waals surface area contributed by atoms with Crippen LogP contribution in [0.2, 0.25) is 0 Å². The number of likely N-dealkylation sites (tertiary alicyclic amines) is 1. The number of esters is 2. The highest BCUT2D eigenvalue weighted by Crippen LogP contribution is 2.42. The lowest BCUT2D eigenvalue weighted by molar-refractivity contribution is -0.140. The molecule has 0 amide bonds. The van der Waals surface area contributed by atoms with Gasteiger partial charge in [-0.15, -0.1) is 0 Å². The van der Waals surface area contributed by atoms with Crippen LogP contribution in [-0.2, 0) is 24.5 Å². The quantitative estimate of drug-likeness (QED) is 0.287. The molecule has 0 saturated carbocycles. The molecule has 3 N–H and O–H groups in total. The van der Waals surface area contributed by atoms with Gasteiger partial charge in [-0.1, -0.05) is 72.8 Å². The van der Waals surface area contributed by atoms with Crippen molar-refractivity contribution in [3.05, 3.63) is 118 Å². The third-order valence-electron chi connectivity index (χ3n) is 8.85. The third kappa shape index (κ3) is 5.33. The standard InChI is InChI=1S/C34H35N5O5/c1-22-27(28(29(31(35)36-22)32(40)42-2)25-14-9-15-26-30(25)38-44-37-26)33(41)43-21-20-39-18-16-34(17-19-39,23-10-5-3-6-11-23)24-12-7-4-8-13-24/h3-15,28,36H,16-21,35H2,1-2H3. The van der Waals surface area contributed by atoms with Gasteiger partial charge < -0.3 is 20.5 Å². The van der Waals surface area contributed by atoms with E-state index in [1.54, 1.807) is 25.1 Å². The highest BCUT2D eigenvalue weighted by molar-refractivity contribution is 6.01. The molecule has 1 unspecified atom stereocenters. The van der Waals surface area contributed by atoms with Crippen LogP contribution in [0.15, 0.2) is 106 Å². The lowest BCUT2D eigenvalue weighted by Crippen LogP contribution is -2.44. The fourth-order valence-electron chi connectivity index (χ4n) is 6.59. The molecule has 0 bridgehead atoms. The summed E-state index contributed by atoms with van der Waals surface area (Å²) in [6.07, 6.45) is 1.90. The summed E-state index contributed by atoms with van der Waals surface area (Å²) in [6.45, 7) is 4.22. The summed E-state index contributed by atoms with van der Waals surface area (Å²) in [4.78, 5) is 29.0. The molecule has 0 spiro atoms. The number of hydrogen-bond acceptors (Lipinski definition) is 10. The van der Waals surface area contributed by atoms with E-state index in [2.05, 4.69) is 81.2 Å². The number of nitrogens with two attached hydrogens (primary N) is 1. The van der Waals surface area contributed by atoms with Crippen LogP contribution in [0.3, 0.4) is 0 Å². The second-order valence-corrected chi connectivity index (χ2v) is 11.2. The highest BCUT2D eigenvalue weighted by atomic mass is 16.6. The number of carbonyl (C=O) groups is 2. The van der Waals surface area contributed by atoms with Crippen molar-refractivity contribution in [3.63, 3.8) is 0 Å². The van der Waals surface area contributed by atoms with E-state index in [1.165, 1.54) is 18.2 Å². The van der Waals surface area contributed by atoms with Crippen molar-refractivity contribution in [2.75, 3.05) is 33.4 Å². The molecule has 4 aromatic rings. The van der Waals surface area contributed by atoms with Gasteiger partial charge in [-0.25, -0.2) is 14.2 Å². The Morgan fingerprint density at radius 1 is 0.932 bits per heavy atom. The van der Waals surface area contributed by atoms with Gasteiger partial charge in [-0.2, -0.15) is 0 Å². The molecule has 44 heavy (non-hydrogen) atoms. The molecule has 2 aliphatic rings. The molecule has 2 aliphatic heterocycles. The Labute approximate surface area is 255 Å². The van der Waals surface area contributed by atoms with Crippen molar-refractivity contribution < 1.29 is 23.7 Å². The first kappa shape index (κ1) is 29.1. The molecule has 0 aliphatic carbocycles. The Bertz CT molecular complexity index is 1680. The van der Waals surface area contributed by atoms with E-state index in [1.807, 2.05) is 0 Å². The number of rotatable bonds is 8. The van der Waals surface area contributed by atoms with Crippen LogP contribution in [0, 0.1) is 0 Å². The van der Waals surface area contributed by atoms with Crippen molar-refractivity contribution >= 4 is 23.0 Å². The maximum Gasteiger partial charge on any atom is 0.338 e. The van der Waals surface area contributed by atoms with Crippen LogP contribution < -0.4 is 11.1 Å². The van der Waals surface area contributed by atoms with Gasteiger partial charge in [-0.05, 0) is 65.9 Å². The summed E-state index contributed by atoms with van der Waals surface area (Å²) in [6, 6.07) is 26.6.